The zero-order valence-corrected chi connectivity index (χ0v) is 17.3. The number of carbonyl (C=O) groups is 3. The lowest BCUT2D eigenvalue weighted by atomic mass is 9.73. The van der Waals surface area contributed by atoms with Crippen molar-refractivity contribution in [3.8, 4) is 5.69 Å². The summed E-state index contributed by atoms with van der Waals surface area (Å²) in [7, 11) is 0. The highest BCUT2D eigenvalue weighted by molar-refractivity contribution is 6.09. The molecule has 0 unspecified atom stereocenters. The maximum Gasteiger partial charge on any atom is 0.325 e. The molecule has 8 heteroatoms. The first-order chi connectivity index (χ1) is 14.4. The van der Waals surface area contributed by atoms with E-state index in [2.05, 4.69) is 15.6 Å². The van der Waals surface area contributed by atoms with Crippen molar-refractivity contribution in [3.63, 3.8) is 0 Å². The number of hydrogen-bond acceptors (Lipinski definition) is 4. The quantitative estimate of drug-likeness (QED) is 0.742. The van der Waals surface area contributed by atoms with Crippen LogP contribution in [0.15, 0.2) is 43.0 Å². The monoisotopic (exact) mass is 409 g/mol. The van der Waals surface area contributed by atoms with E-state index < -0.39 is 11.6 Å². The van der Waals surface area contributed by atoms with E-state index in [-0.39, 0.29) is 30.3 Å². The van der Waals surface area contributed by atoms with Crippen LogP contribution in [0.1, 0.15) is 51.1 Å². The highest BCUT2D eigenvalue weighted by Gasteiger charge is 2.55. The van der Waals surface area contributed by atoms with Gasteiger partial charge in [0.05, 0.1) is 12.4 Å². The molecule has 158 valence electrons. The van der Waals surface area contributed by atoms with Crippen molar-refractivity contribution in [1.29, 1.82) is 0 Å². The Morgan fingerprint density at radius 3 is 2.73 bits per heavy atom. The molecule has 1 saturated heterocycles. The summed E-state index contributed by atoms with van der Waals surface area (Å²) in [5.74, 6) is -0.555. The summed E-state index contributed by atoms with van der Waals surface area (Å²) in [5.41, 5.74) is 1.06. The molecule has 2 N–H and O–H groups in total. The number of rotatable bonds is 5. The Kier molecular flexibility index (Phi) is 5.32. The van der Waals surface area contributed by atoms with Crippen molar-refractivity contribution < 1.29 is 14.4 Å². The Morgan fingerprint density at radius 2 is 2.07 bits per heavy atom. The number of nitrogens with zero attached hydrogens (tertiary/aromatic N) is 3. The van der Waals surface area contributed by atoms with Gasteiger partial charge in [0, 0.05) is 18.1 Å². The minimum Gasteiger partial charge on any atom is -0.348 e. The molecule has 2 aromatic rings. The summed E-state index contributed by atoms with van der Waals surface area (Å²) >= 11 is 0. The van der Waals surface area contributed by atoms with Crippen molar-refractivity contribution >= 4 is 17.8 Å². The molecule has 0 bridgehead atoms. The predicted molar refractivity (Wildman–Crippen MR) is 111 cm³/mol. The smallest absolute Gasteiger partial charge is 0.325 e. The van der Waals surface area contributed by atoms with E-state index in [9.17, 15) is 14.4 Å². The van der Waals surface area contributed by atoms with Gasteiger partial charge in [-0.3, -0.25) is 14.5 Å². The number of benzene rings is 1. The van der Waals surface area contributed by atoms with E-state index in [1.807, 2.05) is 48.9 Å². The molecule has 1 spiro atoms. The van der Waals surface area contributed by atoms with Crippen molar-refractivity contribution in [2.24, 2.45) is 5.92 Å². The molecule has 3 atom stereocenters. The van der Waals surface area contributed by atoms with E-state index in [0.717, 1.165) is 35.4 Å². The van der Waals surface area contributed by atoms with Gasteiger partial charge < -0.3 is 15.2 Å². The van der Waals surface area contributed by atoms with Gasteiger partial charge in [0.25, 0.3) is 5.91 Å². The maximum absolute atomic E-state index is 13.0. The van der Waals surface area contributed by atoms with Crippen molar-refractivity contribution in [2.75, 3.05) is 6.54 Å². The Balaban J connectivity index is 1.38. The SMILES string of the molecule is C[C@H](NC(=O)CN1C(=O)N[C@]2(CCCC[C@@H]2C)C1=O)c1ccc(-n2ccnc2)cc1. The number of imidazole rings is 1. The van der Waals surface area contributed by atoms with Crippen LogP contribution in [0.3, 0.4) is 0 Å². The summed E-state index contributed by atoms with van der Waals surface area (Å²) in [6.07, 6.45) is 8.79. The van der Waals surface area contributed by atoms with E-state index >= 15 is 0 Å². The van der Waals surface area contributed by atoms with Gasteiger partial charge in [0.1, 0.15) is 12.1 Å². The Labute approximate surface area is 175 Å². The molecule has 8 nitrogen and oxygen atoms in total. The highest BCUT2D eigenvalue weighted by atomic mass is 16.2. The fraction of sp³-hybridized carbons (Fsp3) is 0.455. The number of amides is 4. The average Bonchev–Trinajstić information content (AvgIpc) is 3.34. The van der Waals surface area contributed by atoms with Crippen LogP contribution in [0.4, 0.5) is 4.79 Å². The van der Waals surface area contributed by atoms with E-state index in [1.54, 1.807) is 12.5 Å². The van der Waals surface area contributed by atoms with Crippen LogP contribution in [0.5, 0.6) is 0 Å². The Morgan fingerprint density at radius 1 is 1.30 bits per heavy atom. The van der Waals surface area contributed by atoms with Crippen molar-refractivity contribution in [2.45, 2.75) is 51.1 Å². The lowest BCUT2D eigenvalue weighted by Crippen LogP contribution is -2.54. The van der Waals surface area contributed by atoms with Gasteiger partial charge in [0.15, 0.2) is 0 Å². The van der Waals surface area contributed by atoms with Crippen LogP contribution in [0.25, 0.3) is 5.69 Å². The lowest BCUT2D eigenvalue weighted by molar-refractivity contribution is -0.137. The fourth-order valence-electron chi connectivity index (χ4n) is 4.50. The van der Waals surface area contributed by atoms with Gasteiger partial charge in [-0.15, -0.1) is 0 Å². The third-order valence-electron chi connectivity index (χ3n) is 6.38. The van der Waals surface area contributed by atoms with E-state index in [4.69, 9.17) is 0 Å². The van der Waals surface area contributed by atoms with Crippen molar-refractivity contribution in [3.05, 3.63) is 48.5 Å². The molecule has 0 radical (unpaired) electrons. The number of urea groups is 1. The fourth-order valence-corrected chi connectivity index (χ4v) is 4.50. The largest absolute Gasteiger partial charge is 0.348 e. The van der Waals surface area contributed by atoms with Gasteiger partial charge >= 0.3 is 6.03 Å². The predicted octanol–water partition coefficient (Wildman–Crippen LogP) is 2.55. The average molecular weight is 409 g/mol. The lowest BCUT2D eigenvalue weighted by Gasteiger charge is -2.36. The normalized spacial score (nSPS) is 24.7. The maximum atomic E-state index is 13.0. The second kappa shape index (κ2) is 7.93. The molecular weight excluding hydrogens is 382 g/mol. The van der Waals surface area contributed by atoms with Gasteiger partial charge in [-0.2, -0.15) is 0 Å². The second-order valence-electron chi connectivity index (χ2n) is 8.29. The van der Waals surface area contributed by atoms with Gasteiger partial charge in [-0.05, 0) is 43.4 Å². The number of imide groups is 1. The third kappa shape index (κ3) is 3.58. The molecule has 4 rings (SSSR count). The first-order valence-corrected chi connectivity index (χ1v) is 10.4. The standard InChI is InChI=1S/C22H27N5O3/c1-15-5-3-4-10-22(15)20(29)27(21(30)25-22)13-19(28)24-16(2)17-6-8-18(9-7-17)26-12-11-23-14-26/h6-9,11-12,14-16H,3-5,10,13H2,1-2H3,(H,24,28)(H,25,30)/t15-,16-,22-/m0/s1. The van der Waals surface area contributed by atoms with Crippen LogP contribution < -0.4 is 10.6 Å². The topological polar surface area (TPSA) is 96.3 Å². The number of aromatic nitrogens is 2. The molecule has 2 fully saturated rings. The molecular formula is C22H27N5O3. The molecule has 4 amide bonds. The van der Waals surface area contributed by atoms with Crippen molar-refractivity contribution in [1.82, 2.24) is 25.1 Å². The van der Waals surface area contributed by atoms with Crippen LogP contribution in [0, 0.1) is 5.92 Å². The van der Waals surface area contributed by atoms with Crippen LogP contribution in [-0.2, 0) is 9.59 Å². The molecule has 1 aromatic carbocycles. The zero-order chi connectivity index (χ0) is 21.3. The number of nitrogens with one attached hydrogen (secondary N) is 2. The van der Waals surface area contributed by atoms with Gasteiger partial charge in [-0.25, -0.2) is 9.78 Å². The Bertz CT molecular complexity index is 940. The second-order valence-corrected chi connectivity index (χ2v) is 8.29. The first-order valence-electron chi connectivity index (χ1n) is 10.4. The summed E-state index contributed by atoms with van der Waals surface area (Å²) < 4.78 is 1.90. The van der Waals surface area contributed by atoms with E-state index in [1.165, 1.54) is 0 Å². The molecule has 1 aliphatic heterocycles. The number of hydrogen-bond donors (Lipinski definition) is 2. The van der Waals surface area contributed by atoms with Crippen LogP contribution >= 0.6 is 0 Å². The Hall–Kier alpha value is -3.16. The third-order valence-corrected chi connectivity index (χ3v) is 6.38. The van der Waals surface area contributed by atoms with Crippen LogP contribution in [-0.4, -0.2) is 44.4 Å². The highest BCUT2D eigenvalue weighted by Crippen LogP contribution is 2.38. The summed E-state index contributed by atoms with van der Waals surface area (Å²) in [4.78, 5) is 43.1. The number of carbonyl (C=O) groups excluding carboxylic acids is 3. The minimum absolute atomic E-state index is 0.0729. The summed E-state index contributed by atoms with van der Waals surface area (Å²) in [6, 6.07) is 7.05. The zero-order valence-electron chi connectivity index (χ0n) is 17.3. The minimum atomic E-state index is -0.843. The molecule has 1 aromatic heterocycles. The van der Waals surface area contributed by atoms with Gasteiger partial charge in [0.2, 0.25) is 5.91 Å². The molecule has 1 saturated carbocycles. The molecule has 2 heterocycles. The first kappa shape index (κ1) is 20.1. The van der Waals surface area contributed by atoms with Crippen LogP contribution in [0.2, 0.25) is 0 Å². The molecule has 2 aliphatic rings. The summed E-state index contributed by atoms with van der Waals surface area (Å²) in [6.45, 7) is 3.60. The van der Waals surface area contributed by atoms with Gasteiger partial charge in [-0.1, -0.05) is 31.9 Å². The van der Waals surface area contributed by atoms with E-state index in [0.29, 0.717) is 6.42 Å². The molecule has 1 aliphatic carbocycles. The molecule has 30 heavy (non-hydrogen) atoms. The summed E-state index contributed by atoms with van der Waals surface area (Å²) in [5, 5.41) is 5.77.